The Morgan fingerprint density at radius 2 is 2.21 bits per heavy atom. The lowest BCUT2D eigenvalue weighted by molar-refractivity contribution is -0.139. The van der Waals surface area contributed by atoms with Crippen LogP contribution in [0.15, 0.2) is 18.2 Å². The maximum Gasteiger partial charge on any atom is 0.341 e. The van der Waals surface area contributed by atoms with Gasteiger partial charge in [0.2, 0.25) is 5.91 Å². The third-order valence-electron chi connectivity index (χ3n) is 2.92. The van der Waals surface area contributed by atoms with E-state index in [0.29, 0.717) is 24.3 Å². The molecule has 1 aliphatic rings. The minimum Gasteiger partial charge on any atom is -0.482 e. The molecule has 0 saturated carbocycles. The number of nitrogens with zero attached hydrogens (tertiary/aromatic N) is 1. The molecule has 1 N–H and O–H groups in total. The number of ether oxygens (including phenoxy) is 1. The smallest absolute Gasteiger partial charge is 0.341 e. The van der Waals surface area contributed by atoms with Crippen molar-refractivity contribution in [3.63, 3.8) is 0 Å². The molecule has 0 unspecified atom stereocenters. The predicted octanol–water partition coefficient (Wildman–Crippen LogP) is 1.40. The van der Waals surface area contributed by atoms with Crippen molar-refractivity contribution in [2.45, 2.75) is 12.8 Å². The van der Waals surface area contributed by atoms with Crippen LogP contribution < -0.4 is 9.64 Å². The van der Waals surface area contributed by atoms with Crippen LogP contribution in [0.4, 0.5) is 10.1 Å². The van der Waals surface area contributed by atoms with Crippen molar-refractivity contribution in [1.29, 1.82) is 0 Å². The summed E-state index contributed by atoms with van der Waals surface area (Å²) in [6, 6.07) is 4.96. The van der Waals surface area contributed by atoms with E-state index in [2.05, 4.69) is 0 Å². The Balaban J connectivity index is 2.20. The number of carbonyl (C=O) groups is 2. The van der Waals surface area contributed by atoms with Gasteiger partial charge in [-0.25, -0.2) is 9.18 Å². The number of hydrogen-bond donors (Lipinski definition) is 1. The summed E-state index contributed by atoms with van der Waals surface area (Å²) in [6.45, 7) is -0.963. The highest BCUT2D eigenvalue weighted by molar-refractivity contribution is 5.96. The molecule has 0 radical (unpaired) electrons. The van der Waals surface area contributed by atoms with Gasteiger partial charge >= 0.3 is 5.97 Å². The van der Waals surface area contributed by atoms with Gasteiger partial charge in [0.15, 0.2) is 6.61 Å². The van der Waals surface area contributed by atoms with Gasteiger partial charge in [0.1, 0.15) is 12.4 Å². The highest BCUT2D eigenvalue weighted by Crippen LogP contribution is 2.30. The third-order valence-corrected chi connectivity index (χ3v) is 2.92. The molecule has 0 fully saturated rings. The highest BCUT2D eigenvalue weighted by Gasteiger charge is 2.24. The fourth-order valence-corrected chi connectivity index (χ4v) is 2.10. The van der Waals surface area contributed by atoms with Crippen LogP contribution in [0.5, 0.6) is 5.75 Å². The number of rotatable bonds is 5. The van der Waals surface area contributed by atoms with E-state index in [1.165, 1.54) is 4.90 Å². The Labute approximate surface area is 109 Å². The fourth-order valence-electron chi connectivity index (χ4n) is 2.10. The number of carbonyl (C=O) groups excluding carboxylic acids is 1. The van der Waals surface area contributed by atoms with Crippen LogP contribution >= 0.6 is 0 Å². The van der Waals surface area contributed by atoms with E-state index in [4.69, 9.17) is 9.84 Å². The Morgan fingerprint density at radius 3 is 2.89 bits per heavy atom. The molecule has 1 heterocycles. The van der Waals surface area contributed by atoms with E-state index in [0.717, 1.165) is 5.56 Å². The first kappa shape index (κ1) is 13.3. The molecule has 1 amide bonds. The predicted molar refractivity (Wildman–Crippen MR) is 66.2 cm³/mol. The summed E-state index contributed by atoms with van der Waals surface area (Å²) < 4.78 is 17.5. The summed E-state index contributed by atoms with van der Waals surface area (Å²) >= 11 is 0. The van der Waals surface area contributed by atoms with E-state index < -0.39 is 19.3 Å². The number of benzene rings is 1. The molecule has 2 rings (SSSR count). The quantitative estimate of drug-likeness (QED) is 0.875. The first-order chi connectivity index (χ1) is 9.11. The third kappa shape index (κ3) is 3.01. The number of fused-ring (bicyclic) bond motifs is 1. The molecule has 1 aromatic rings. The Bertz CT molecular complexity index is 503. The topological polar surface area (TPSA) is 66.8 Å². The molecule has 1 aliphatic heterocycles. The molecule has 102 valence electrons. The van der Waals surface area contributed by atoms with Gasteiger partial charge in [-0.2, -0.15) is 0 Å². The Hall–Kier alpha value is -2.11. The van der Waals surface area contributed by atoms with Crippen LogP contribution in [0.25, 0.3) is 0 Å². The first-order valence-corrected chi connectivity index (χ1v) is 5.95. The minimum atomic E-state index is -1.05. The van der Waals surface area contributed by atoms with Crippen LogP contribution in [0, 0.1) is 0 Å². The standard InChI is InChI=1S/C13H14FNO4/c14-5-6-15-11-3-2-10(19-8-13(17)18)7-9(11)1-4-12(15)16/h2-3,7H,1,4-6,8H2,(H,17,18). The van der Waals surface area contributed by atoms with Gasteiger partial charge in [-0.05, 0) is 30.2 Å². The van der Waals surface area contributed by atoms with E-state index in [9.17, 15) is 14.0 Å². The number of aryl methyl sites for hydroxylation is 1. The zero-order valence-corrected chi connectivity index (χ0v) is 10.3. The molecule has 19 heavy (non-hydrogen) atoms. The number of carboxylic acids is 1. The molecular formula is C13H14FNO4. The molecule has 0 aromatic heterocycles. The second kappa shape index (κ2) is 5.69. The monoisotopic (exact) mass is 267 g/mol. The van der Waals surface area contributed by atoms with Gasteiger partial charge in [-0.1, -0.05) is 0 Å². The van der Waals surface area contributed by atoms with Gasteiger partial charge in [-0.3, -0.25) is 4.79 Å². The summed E-state index contributed by atoms with van der Waals surface area (Å²) in [7, 11) is 0. The molecule has 0 aliphatic carbocycles. The maximum atomic E-state index is 12.5. The number of halogens is 1. The average Bonchev–Trinajstić information content (AvgIpc) is 2.39. The number of alkyl halides is 1. The van der Waals surface area contributed by atoms with E-state index in [-0.39, 0.29) is 12.5 Å². The van der Waals surface area contributed by atoms with Crippen molar-refractivity contribution >= 4 is 17.6 Å². The van der Waals surface area contributed by atoms with Crippen LogP contribution in [0.3, 0.4) is 0 Å². The summed E-state index contributed by atoms with van der Waals surface area (Å²) in [5.41, 5.74) is 1.55. The van der Waals surface area contributed by atoms with Crippen molar-refractivity contribution in [3.8, 4) is 5.75 Å². The zero-order chi connectivity index (χ0) is 13.8. The molecular weight excluding hydrogens is 253 g/mol. The molecule has 0 saturated heterocycles. The molecule has 1 aromatic carbocycles. The SMILES string of the molecule is O=C(O)COc1ccc2c(c1)CCC(=O)N2CCF. The second-order valence-electron chi connectivity index (χ2n) is 4.21. The van der Waals surface area contributed by atoms with Crippen LogP contribution in [-0.2, 0) is 16.0 Å². The van der Waals surface area contributed by atoms with E-state index >= 15 is 0 Å². The van der Waals surface area contributed by atoms with Gasteiger partial charge in [0.05, 0.1) is 6.54 Å². The zero-order valence-electron chi connectivity index (χ0n) is 10.3. The normalized spacial score (nSPS) is 14.2. The molecule has 0 atom stereocenters. The lowest BCUT2D eigenvalue weighted by atomic mass is 10.0. The van der Waals surface area contributed by atoms with Gasteiger partial charge in [0, 0.05) is 12.1 Å². The minimum absolute atomic E-state index is 0.0428. The largest absolute Gasteiger partial charge is 0.482 e. The lowest BCUT2D eigenvalue weighted by Gasteiger charge is -2.28. The van der Waals surface area contributed by atoms with Crippen molar-refractivity contribution in [1.82, 2.24) is 0 Å². The van der Waals surface area contributed by atoms with Crippen molar-refractivity contribution in [3.05, 3.63) is 23.8 Å². The number of aliphatic carboxylic acids is 1. The average molecular weight is 267 g/mol. The highest BCUT2D eigenvalue weighted by atomic mass is 19.1. The molecule has 0 bridgehead atoms. The summed E-state index contributed by atoms with van der Waals surface area (Å²) in [6.07, 6.45) is 0.886. The Kier molecular flexibility index (Phi) is 3.99. The lowest BCUT2D eigenvalue weighted by Crippen LogP contribution is -2.36. The number of carboxylic acid groups (broad SMARTS) is 1. The Morgan fingerprint density at radius 1 is 1.42 bits per heavy atom. The van der Waals surface area contributed by atoms with Crippen molar-refractivity contribution < 1.29 is 23.8 Å². The van der Waals surface area contributed by atoms with Crippen molar-refractivity contribution in [2.75, 3.05) is 24.7 Å². The summed E-state index contributed by atoms with van der Waals surface area (Å²) in [5.74, 6) is -0.702. The molecule has 0 spiro atoms. The first-order valence-electron chi connectivity index (χ1n) is 5.95. The number of hydrogen-bond acceptors (Lipinski definition) is 3. The number of anilines is 1. The second-order valence-corrected chi connectivity index (χ2v) is 4.21. The van der Waals surface area contributed by atoms with E-state index in [1.807, 2.05) is 0 Å². The summed E-state index contributed by atoms with van der Waals surface area (Å²) in [5, 5.41) is 8.54. The van der Waals surface area contributed by atoms with Gasteiger partial charge in [-0.15, -0.1) is 0 Å². The van der Waals surface area contributed by atoms with Crippen LogP contribution in [0.1, 0.15) is 12.0 Å². The van der Waals surface area contributed by atoms with Gasteiger partial charge in [0.25, 0.3) is 0 Å². The van der Waals surface area contributed by atoms with Crippen molar-refractivity contribution in [2.24, 2.45) is 0 Å². The van der Waals surface area contributed by atoms with Crippen LogP contribution in [0.2, 0.25) is 0 Å². The summed E-state index contributed by atoms with van der Waals surface area (Å²) in [4.78, 5) is 23.5. The number of amides is 1. The van der Waals surface area contributed by atoms with Gasteiger partial charge < -0.3 is 14.7 Å². The maximum absolute atomic E-state index is 12.5. The molecule has 6 heteroatoms. The van der Waals surface area contributed by atoms with E-state index in [1.54, 1.807) is 18.2 Å². The van der Waals surface area contributed by atoms with Crippen LogP contribution in [-0.4, -0.2) is 36.8 Å². The fraction of sp³-hybridized carbons (Fsp3) is 0.385. The molecule has 5 nitrogen and oxygen atoms in total.